The summed E-state index contributed by atoms with van der Waals surface area (Å²) in [6, 6.07) is 0. The van der Waals surface area contributed by atoms with Crippen LogP contribution in [0.1, 0.15) is 19.8 Å². The Morgan fingerprint density at radius 2 is 1.75 bits per heavy atom. The van der Waals surface area contributed by atoms with E-state index in [9.17, 15) is 0 Å². The van der Waals surface area contributed by atoms with Gasteiger partial charge in [-0.25, -0.2) is 0 Å². The van der Waals surface area contributed by atoms with E-state index in [1.807, 2.05) is 0 Å². The zero-order chi connectivity index (χ0) is 5.11. The summed E-state index contributed by atoms with van der Waals surface area (Å²) in [5.74, 6) is 0.942. The Morgan fingerprint density at radius 1 is 1.25 bits per heavy atom. The first kappa shape index (κ1) is 9.77. The van der Waals surface area contributed by atoms with Gasteiger partial charge in [-0.3, -0.25) is 0 Å². The van der Waals surface area contributed by atoms with Crippen molar-refractivity contribution in [3.63, 3.8) is 0 Å². The molecular weight excluding hydrogens is 172 g/mol. The standard InChI is InChI=1S/C6H12N.Rb/c1-6-2-4-7-5-3-6;/h6H,2-5H2,1H3;/q-1;+1. The van der Waals surface area contributed by atoms with E-state index in [2.05, 4.69) is 12.2 Å². The van der Waals surface area contributed by atoms with Crippen LogP contribution in [0.5, 0.6) is 0 Å². The van der Waals surface area contributed by atoms with Crippen molar-refractivity contribution in [3.05, 3.63) is 5.32 Å². The van der Waals surface area contributed by atoms with Crippen LogP contribution in [-0.2, 0) is 0 Å². The fraction of sp³-hybridized carbons (Fsp3) is 1.00. The molecule has 0 spiro atoms. The summed E-state index contributed by atoms with van der Waals surface area (Å²) in [5.41, 5.74) is 0. The van der Waals surface area contributed by atoms with Gasteiger partial charge in [0.15, 0.2) is 0 Å². The minimum atomic E-state index is 0. The van der Waals surface area contributed by atoms with Crippen molar-refractivity contribution in [1.82, 2.24) is 0 Å². The second-order valence-corrected chi connectivity index (χ2v) is 2.35. The van der Waals surface area contributed by atoms with Gasteiger partial charge in [0.2, 0.25) is 0 Å². The largest absolute Gasteiger partial charge is 1.00 e. The normalized spacial score (nSPS) is 22.1. The molecule has 1 aliphatic rings. The van der Waals surface area contributed by atoms with Gasteiger partial charge in [-0.1, -0.05) is 19.8 Å². The molecule has 0 atom stereocenters. The molecule has 0 aromatic heterocycles. The molecule has 0 saturated carbocycles. The van der Waals surface area contributed by atoms with E-state index in [0.29, 0.717) is 0 Å². The summed E-state index contributed by atoms with van der Waals surface area (Å²) in [6.07, 6.45) is 2.64. The van der Waals surface area contributed by atoms with Crippen LogP contribution in [0.2, 0.25) is 0 Å². The zero-order valence-corrected chi connectivity index (χ0v) is 10.8. The Kier molecular flexibility index (Phi) is 6.77. The van der Waals surface area contributed by atoms with Gasteiger partial charge in [0.05, 0.1) is 0 Å². The molecule has 1 aliphatic heterocycles. The quantitative estimate of drug-likeness (QED) is 0.448. The number of hydrogen-bond acceptors (Lipinski definition) is 0. The second kappa shape index (κ2) is 5.54. The molecular formula is C6H12NRb. The van der Waals surface area contributed by atoms with Crippen molar-refractivity contribution >= 4 is 0 Å². The maximum Gasteiger partial charge on any atom is 1.00 e. The van der Waals surface area contributed by atoms with E-state index < -0.39 is 0 Å². The molecule has 1 fully saturated rings. The van der Waals surface area contributed by atoms with Gasteiger partial charge in [-0.2, -0.15) is 0 Å². The van der Waals surface area contributed by atoms with E-state index in [1.54, 1.807) is 0 Å². The molecule has 0 amide bonds. The zero-order valence-electron chi connectivity index (χ0n) is 5.85. The molecule has 0 aromatic carbocycles. The number of piperidine rings is 1. The van der Waals surface area contributed by atoms with Crippen molar-refractivity contribution in [2.24, 2.45) is 5.92 Å². The molecule has 0 aliphatic carbocycles. The molecule has 0 N–H and O–H groups in total. The molecule has 2 heteroatoms. The average molecular weight is 184 g/mol. The summed E-state index contributed by atoms with van der Waals surface area (Å²) in [6.45, 7) is 4.52. The smallest absolute Gasteiger partial charge is 0.662 e. The summed E-state index contributed by atoms with van der Waals surface area (Å²) in [5, 5.41) is 4.23. The van der Waals surface area contributed by atoms with Crippen molar-refractivity contribution in [3.8, 4) is 0 Å². The van der Waals surface area contributed by atoms with Crippen LogP contribution in [0.4, 0.5) is 0 Å². The Hall–Kier alpha value is 1.77. The third kappa shape index (κ3) is 3.73. The van der Waals surface area contributed by atoms with Gasteiger partial charge in [0.25, 0.3) is 0 Å². The molecule has 1 nitrogen and oxygen atoms in total. The van der Waals surface area contributed by atoms with Crippen LogP contribution < -0.4 is 58.2 Å². The maximum absolute atomic E-state index is 4.23. The van der Waals surface area contributed by atoms with Crippen LogP contribution in [0.25, 0.3) is 5.32 Å². The van der Waals surface area contributed by atoms with Gasteiger partial charge < -0.3 is 5.32 Å². The average Bonchev–Trinajstić information content (AvgIpc) is 1.69. The minimum absolute atomic E-state index is 0. The number of rotatable bonds is 0. The van der Waals surface area contributed by atoms with Crippen LogP contribution in [0.3, 0.4) is 0 Å². The van der Waals surface area contributed by atoms with Crippen LogP contribution in [-0.4, -0.2) is 13.1 Å². The molecule has 1 rings (SSSR count). The Bertz CT molecular complexity index is 50.5. The van der Waals surface area contributed by atoms with Gasteiger partial charge >= 0.3 is 58.2 Å². The van der Waals surface area contributed by atoms with E-state index in [4.69, 9.17) is 0 Å². The summed E-state index contributed by atoms with van der Waals surface area (Å²) in [4.78, 5) is 0. The van der Waals surface area contributed by atoms with Crippen molar-refractivity contribution < 1.29 is 58.2 Å². The Morgan fingerprint density at radius 3 is 2.00 bits per heavy atom. The first-order valence-corrected chi connectivity index (χ1v) is 3.03. The topological polar surface area (TPSA) is 14.1 Å². The third-order valence-corrected chi connectivity index (χ3v) is 1.56. The van der Waals surface area contributed by atoms with E-state index >= 15 is 0 Å². The summed E-state index contributed by atoms with van der Waals surface area (Å²) >= 11 is 0. The van der Waals surface area contributed by atoms with E-state index in [0.717, 1.165) is 19.0 Å². The molecule has 0 aromatic rings. The Labute approximate surface area is 100 Å². The number of hydrogen-bond donors (Lipinski definition) is 0. The first-order chi connectivity index (χ1) is 3.39. The fourth-order valence-corrected chi connectivity index (χ4v) is 0.879. The summed E-state index contributed by atoms with van der Waals surface area (Å²) in [7, 11) is 0. The van der Waals surface area contributed by atoms with Gasteiger partial charge in [0, 0.05) is 0 Å². The van der Waals surface area contributed by atoms with Crippen molar-refractivity contribution in [2.75, 3.05) is 13.1 Å². The number of nitrogens with zero attached hydrogens (tertiary/aromatic N) is 1. The van der Waals surface area contributed by atoms with Crippen LogP contribution in [0.15, 0.2) is 0 Å². The molecule has 0 unspecified atom stereocenters. The van der Waals surface area contributed by atoms with Gasteiger partial charge in [-0.15, -0.1) is 13.1 Å². The molecule has 0 bridgehead atoms. The molecule has 42 valence electrons. The monoisotopic (exact) mass is 183 g/mol. The van der Waals surface area contributed by atoms with E-state index in [-0.39, 0.29) is 58.2 Å². The first-order valence-electron chi connectivity index (χ1n) is 3.03. The van der Waals surface area contributed by atoms with Gasteiger partial charge in [-0.05, 0) is 5.92 Å². The van der Waals surface area contributed by atoms with E-state index in [1.165, 1.54) is 12.8 Å². The van der Waals surface area contributed by atoms with Crippen molar-refractivity contribution in [2.45, 2.75) is 19.8 Å². The summed E-state index contributed by atoms with van der Waals surface area (Å²) < 4.78 is 0. The van der Waals surface area contributed by atoms with Crippen LogP contribution >= 0.6 is 0 Å². The molecule has 1 heterocycles. The predicted octanol–water partition coefficient (Wildman–Crippen LogP) is -1.21. The maximum atomic E-state index is 4.23. The SMILES string of the molecule is CC1CC[N-]CC1.[Rb+]. The van der Waals surface area contributed by atoms with Gasteiger partial charge in [0.1, 0.15) is 0 Å². The third-order valence-electron chi connectivity index (χ3n) is 1.56. The van der Waals surface area contributed by atoms with Crippen LogP contribution in [0, 0.1) is 5.92 Å². The predicted molar refractivity (Wildman–Crippen MR) is 31.5 cm³/mol. The molecule has 1 saturated heterocycles. The molecule has 0 radical (unpaired) electrons. The molecule has 8 heavy (non-hydrogen) atoms. The fourth-order valence-electron chi connectivity index (χ4n) is 0.879. The second-order valence-electron chi connectivity index (χ2n) is 2.35. The minimum Gasteiger partial charge on any atom is -0.662 e. The van der Waals surface area contributed by atoms with Crippen molar-refractivity contribution in [1.29, 1.82) is 0 Å². The Balaban J connectivity index is 0.000000490.